The number of fused-ring (bicyclic) bond motifs is 3. The Kier molecular flexibility index (Phi) is 2.49. The molecule has 0 radical (unpaired) electrons. The number of allylic oxidation sites excluding steroid dienone is 2. The molecule has 0 aliphatic heterocycles. The van der Waals surface area contributed by atoms with Gasteiger partial charge in [-0.15, -0.1) is 0 Å². The molecule has 7 atom stereocenters. The summed E-state index contributed by atoms with van der Waals surface area (Å²) >= 11 is 0. The van der Waals surface area contributed by atoms with Gasteiger partial charge >= 0.3 is 0 Å². The number of aliphatic hydroxyl groups excluding tert-OH is 1. The highest BCUT2D eigenvalue weighted by Crippen LogP contribution is 2.77. The van der Waals surface area contributed by atoms with Gasteiger partial charge in [-0.05, 0) is 112 Å². The van der Waals surface area contributed by atoms with Crippen LogP contribution in [0, 0.1) is 40.9 Å². The second kappa shape index (κ2) is 4.21. The van der Waals surface area contributed by atoms with Crippen molar-refractivity contribution in [2.75, 3.05) is 0 Å². The van der Waals surface area contributed by atoms with Gasteiger partial charge in [0, 0.05) is 0 Å². The summed E-state index contributed by atoms with van der Waals surface area (Å²) in [7, 11) is 0. The van der Waals surface area contributed by atoms with Crippen LogP contribution in [-0.2, 0) is 0 Å². The minimum atomic E-state index is -0.00168. The zero-order valence-electron chi connectivity index (χ0n) is 13.8. The zero-order valence-corrected chi connectivity index (χ0v) is 13.8. The molecule has 0 aromatic heterocycles. The van der Waals surface area contributed by atoms with Gasteiger partial charge in [-0.1, -0.05) is 11.1 Å². The first kappa shape index (κ1) is 13.0. The van der Waals surface area contributed by atoms with Gasteiger partial charge in [-0.2, -0.15) is 0 Å². The van der Waals surface area contributed by atoms with E-state index in [-0.39, 0.29) is 6.10 Å². The van der Waals surface area contributed by atoms with Crippen molar-refractivity contribution in [1.29, 1.82) is 0 Å². The summed E-state index contributed by atoms with van der Waals surface area (Å²) < 4.78 is 0. The van der Waals surface area contributed by atoms with E-state index in [1.54, 1.807) is 32.1 Å². The van der Waals surface area contributed by atoms with E-state index < -0.39 is 0 Å². The van der Waals surface area contributed by atoms with Gasteiger partial charge in [0.2, 0.25) is 0 Å². The van der Waals surface area contributed by atoms with Crippen molar-refractivity contribution in [1.82, 2.24) is 0 Å². The first-order valence-electron chi connectivity index (χ1n) is 10.2. The van der Waals surface area contributed by atoms with Crippen LogP contribution in [0.15, 0.2) is 11.1 Å². The highest BCUT2D eigenvalue weighted by atomic mass is 16.3. The Labute approximate surface area is 134 Å². The summed E-state index contributed by atoms with van der Waals surface area (Å²) in [5.41, 5.74) is 4.74. The molecule has 0 aromatic rings. The maximum atomic E-state index is 10.3. The molecule has 6 aliphatic rings. The standard InChI is InChI=1S/C21H30O/c22-17-5-4-12-2-1-3-18(19(12)9-17)20-13-6-15-8-16-7-14(20)11-21(15,16)10-13/h12-17,19,22H,1-11H2. The van der Waals surface area contributed by atoms with E-state index >= 15 is 0 Å². The van der Waals surface area contributed by atoms with Crippen LogP contribution in [0.1, 0.15) is 70.6 Å². The average molecular weight is 298 g/mol. The molecule has 6 rings (SSSR count). The maximum absolute atomic E-state index is 10.3. The Hall–Kier alpha value is -0.300. The largest absolute Gasteiger partial charge is 0.393 e. The predicted octanol–water partition coefficient (Wildman–Crippen LogP) is 4.70. The lowest BCUT2D eigenvalue weighted by Gasteiger charge is -2.49. The Balaban J connectivity index is 1.42. The van der Waals surface area contributed by atoms with Crippen molar-refractivity contribution in [3.63, 3.8) is 0 Å². The summed E-state index contributed by atoms with van der Waals surface area (Å²) in [5, 5.41) is 10.3. The van der Waals surface area contributed by atoms with E-state index in [4.69, 9.17) is 0 Å². The molecular weight excluding hydrogens is 268 g/mol. The van der Waals surface area contributed by atoms with Gasteiger partial charge in [-0.25, -0.2) is 0 Å². The zero-order chi connectivity index (χ0) is 14.5. The Bertz CT molecular complexity index is 520. The third-order valence-corrected chi connectivity index (χ3v) is 9.27. The molecule has 6 fully saturated rings. The quantitative estimate of drug-likeness (QED) is 0.643. The molecule has 3 bridgehead atoms. The van der Waals surface area contributed by atoms with Crippen LogP contribution >= 0.6 is 0 Å². The minimum absolute atomic E-state index is 0.00168. The average Bonchev–Trinajstić information content (AvgIpc) is 2.88. The van der Waals surface area contributed by atoms with E-state index in [1.807, 2.05) is 11.1 Å². The molecule has 1 heteroatoms. The minimum Gasteiger partial charge on any atom is -0.393 e. The van der Waals surface area contributed by atoms with Crippen LogP contribution in [0.5, 0.6) is 0 Å². The molecule has 120 valence electrons. The highest BCUT2D eigenvalue weighted by molar-refractivity contribution is 5.35. The van der Waals surface area contributed by atoms with Crippen LogP contribution in [0.2, 0.25) is 0 Å². The van der Waals surface area contributed by atoms with E-state index in [9.17, 15) is 5.11 Å². The molecule has 7 unspecified atom stereocenters. The van der Waals surface area contributed by atoms with Crippen LogP contribution in [0.3, 0.4) is 0 Å². The highest BCUT2D eigenvalue weighted by Gasteiger charge is 2.68. The topological polar surface area (TPSA) is 20.2 Å². The fourth-order valence-electron chi connectivity index (χ4n) is 8.58. The van der Waals surface area contributed by atoms with Crippen molar-refractivity contribution in [2.45, 2.75) is 76.7 Å². The fourth-order valence-corrected chi connectivity index (χ4v) is 8.58. The third-order valence-electron chi connectivity index (χ3n) is 9.27. The predicted molar refractivity (Wildman–Crippen MR) is 87.2 cm³/mol. The van der Waals surface area contributed by atoms with Crippen LogP contribution < -0.4 is 0 Å². The van der Waals surface area contributed by atoms with Crippen molar-refractivity contribution in [2.24, 2.45) is 40.9 Å². The number of hydrogen-bond donors (Lipinski definition) is 1. The maximum Gasteiger partial charge on any atom is 0.0546 e. The molecule has 6 aliphatic carbocycles. The Morgan fingerprint density at radius 1 is 0.864 bits per heavy atom. The smallest absolute Gasteiger partial charge is 0.0546 e. The van der Waals surface area contributed by atoms with E-state index in [0.29, 0.717) is 0 Å². The molecule has 0 heterocycles. The number of rotatable bonds is 0. The third kappa shape index (κ3) is 1.46. The fraction of sp³-hybridized carbons (Fsp3) is 0.905. The summed E-state index contributed by atoms with van der Waals surface area (Å²) in [5.74, 6) is 5.87. The molecular formula is C21H30O. The summed E-state index contributed by atoms with van der Waals surface area (Å²) in [6.07, 6.45) is 15.5. The van der Waals surface area contributed by atoms with Gasteiger partial charge in [0.25, 0.3) is 0 Å². The lowest BCUT2D eigenvalue weighted by atomic mass is 9.56. The second-order valence-corrected chi connectivity index (χ2v) is 9.84. The SMILES string of the molecule is OC1CCC2CCCC(=C3C4CC5CC6CC3CC56C4)C2C1. The van der Waals surface area contributed by atoms with Crippen molar-refractivity contribution in [3.8, 4) is 0 Å². The Morgan fingerprint density at radius 2 is 1.64 bits per heavy atom. The van der Waals surface area contributed by atoms with Gasteiger partial charge in [0.1, 0.15) is 0 Å². The first-order valence-corrected chi connectivity index (χ1v) is 10.2. The van der Waals surface area contributed by atoms with Gasteiger partial charge in [0.15, 0.2) is 0 Å². The normalized spacial score (nSPS) is 58.5. The van der Waals surface area contributed by atoms with Gasteiger partial charge in [-0.3, -0.25) is 0 Å². The first-order chi connectivity index (χ1) is 10.7. The Morgan fingerprint density at radius 3 is 2.41 bits per heavy atom. The summed E-state index contributed by atoms with van der Waals surface area (Å²) in [6.45, 7) is 0. The molecule has 0 saturated heterocycles. The number of aliphatic hydroxyl groups is 1. The molecule has 22 heavy (non-hydrogen) atoms. The van der Waals surface area contributed by atoms with Crippen LogP contribution in [0.25, 0.3) is 0 Å². The van der Waals surface area contributed by atoms with Gasteiger partial charge < -0.3 is 5.11 Å². The molecule has 6 saturated carbocycles. The van der Waals surface area contributed by atoms with E-state index in [2.05, 4.69) is 0 Å². The summed E-state index contributed by atoms with van der Waals surface area (Å²) in [4.78, 5) is 0. The molecule has 1 nitrogen and oxygen atoms in total. The lowest BCUT2D eigenvalue weighted by molar-refractivity contribution is 0.00170. The number of hydrogen-bond acceptors (Lipinski definition) is 1. The molecule has 1 N–H and O–H groups in total. The molecule has 0 amide bonds. The van der Waals surface area contributed by atoms with E-state index in [0.717, 1.165) is 53.8 Å². The van der Waals surface area contributed by atoms with Crippen molar-refractivity contribution < 1.29 is 5.11 Å². The monoisotopic (exact) mass is 298 g/mol. The second-order valence-electron chi connectivity index (χ2n) is 9.84. The van der Waals surface area contributed by atoms with Crippen molar-refractivity contribution in [3.05, 3.63) is 11.1 Å². The summed E-state index contributed by atoms with van der Waals surface area (Å²) in [6, 6.07) is 0. The molecule has 0 aromatic carbocycles. The van der Waals surface area contributed by atoms with Gasteiger partial charge in [0.05, 0.1) is 6.10 Å². The van der Waals surface area contributed by atoms with Crippen LogP contribution in [-0.4, -0.2) is 11.2 Å². The van der Waals surface area contributed by atoms with Crippen molar-refractivity contribution >= 4 is 0 Å². The molecule has 1 spiro atoms. The van der Waals surface area contributed by atoms with E-state index in [1.165, 1.54) is 25.7 Å². The lowest BCUT2D eigenvalue weighted by Crippen LogP contribution is -2.41. The van der Waals surface area contributed by atoms with Crippen LogP contribution in [0.4, 0.5) is 0 Å².